The first-order chi connectivity index (χ1) is 9.11. The molecule has 1 N–H and O–H groups in total. The van der Waals surface area contributed by atoms with Crippen LogP contribution in [0.25, 0.3) is 0 Å². The lowest BCUT2D eigenvalue weighted by molar-refractivity contribution is 0.0693. The predicted molar refractivity (Wildman–Crippen MR) is 62.4 cm³/mol. The van der Waals surface area contributed by atoms with Crippen LogP contribution in [0.4, 0.5) is 4.39 Å². The minimum absolute atomic E-state index is 0.0168. The molecular weight excluding hydrogens is 251 g/mol. The topological polar surface area (TPSA) is 83.2 Å². The lowest BCUT2D eigenvalue weighted by Crippen LogP contribution is -2.01. The van der Waals surface area contributed by atoms with Gasteiger partial charge in [-0.05, 0) is 30.3 Å². The molecule has 5 nitrogen and oxygen atoms in total. The summed E-state index contributed by atoms with van der Waals surface area (Å²) >= 11 is 0. The van der Waals surface area contributed by atoms with Crippen molar-refractivity contribution >= 4 is 5.97 Å². The van der Waals surface area contributed by atoms with Gasteiger partial charge in [-0.1, -0.05) is 0 Å². The van der Waals surface area contributed by atoms with E-state index in [1.165, 1.54) is 18.3 Å². The van der Waals surface area contributed by atoms with Crippen molar-refractivity contribution in [1.29, 1.82) is 5.26 Å². The average Bonchev–Trinajstić information content (AvgIpc) is 2.41. The van der Waals surface area contributed by atoms with Gasteiger partial charge in [0.05, 0.1) is 0 Å². The van der Waals surface area contributed by atoms with E-state index in [1.54, 1.807) is 6.07 Å². The van der Waals surface area contributed by atoms with E-state index in [0.717, 1.165) is 12.1 Å². The maximum Gasteiger partial charge on any atom is 0.339 e. The summed E-state index contributed by atoms with van der Waals surface area (Å²) in [5, 5.41) is 17.8. The van der Waals surface area contributed by atoms with Crippen molar-refractivity contribution < 1.29 is 19.0 Å². The van der Waals surface area contributed by atoms with Crippen LogP contribution in [0.3, 0.4) is 0 Å². The van der Waals surface area contributed by atoms with Gasteiger partial charge in [0.15, 0.2) is 11.4 Å². The number of carbonyl (C=O) groups is 1. The van der Waals surface area contributed by atoms with Crippen LogP contribution in [0.1, 0.15) is 16.1 Å². The Hall–Kier alpha value is -2.94. The first-order valence-electron chi connectivity index (χ1n) is 5.17. The normalized spacial score (nSPS) is 9.68. The Balaban J connectivity index is 2.44. The molecule has 2 aromatic rings. The minimum atomic E-state index is -1.32. The zero-order valence-corrected chi connectivity index (χ0v) is 9.50. The fraction of sp³-hybridized carbons (Fsp3) is 0. The molecule has 0 atom stereocenters. The summed E-state index contributed by atoms with van der Waals surface area (Å²) in [6.07, 6.45) is 1.41. The maximum absolute atomic E-state index is 13.0. The summed E-state index contributed by atoms with van der Waals surface area (Å²) in [7, 11) is 0. The van der Waals surface area contributed by atoms with E-state index >= 15 is 0 Å². The Morgan fingerprint density at radius 1 is 1.37 bits per heavy atom. The molecule has 0 fully saturated rings. The number of aromatic carboxylic acids is 1. The summed E-state index contributed by atoms with van der Waals surface area (Å²) in [6, 6.07) is 7.94. The summed E-state index contributed by atoms with van der Waals surface area (Å²) in [5.41, 5.74) is -0.309. The van der Waals surface area contributed by atoms with Crippen LogP contribution in [0.15, 0.2) is 36.5 Å². The predicted octanol–water partition coefficient (Wildman–Crippen LogP) is 2.58. The number of aromatic nitrogens is 1. The Bertz CT molecular complexity index is 680. The molecule has 0 aliphatic rings. The molecule has 1 aromatic heterocycles. The van der Waals surface area contributed by atoms with Crippen molar-refractivity contribution in [2.24, 2.45) is 0 Å². The molecule has 2 rings (SSSR count). The van der Waals surface area contributed by atoms with Gasteiger partial charge in [-0.15, -0.1) is 0 Å². The molecule has 19 heavy (non-hydrogen) atoms. The second-order valence-electron chi connectivity index (χ2n) is 3.51. The van der Waals surface area contributed by atoms with Crippen molar-refractivity contribution in [3.63, 3.8) is 0 Å². The molecule has 0 saturated carbocycles. The summed E-state index contributed by atoms with van der Waals surface area (Å²) < 4.78 is 18.3. The van der Waals surface area contributed by atoms with E-state index in [0.29, 0.717) is 0 Å². The number of nitriles is 1. The van der Waals surface area contributed by atoms with E-state index in [1.807, 2.05) is 6.07 Å². The van der Waals surface area contributed by atoms with E-state index in [2.05, 4.69) is 4.98 Å². The molecule has 0 amide bonds. The smallest absolute Gasteiger partial charge is 0.339 e. The van der Waals surface area contributed by atoms with Gasteiger partial charge >= 0.3 is 5.97 Å². The molecule has 0 unspecified atom stereocenters. The number of carboxylic acids is 1. The Kier molecular flexibility index (Phi) is 3.39. The number of benzene rings is 1. The quantitative estimate of drug-likeness (QED) is 0.914. The van der Waals surface area contributed by atoms with Crippen LogP contribution in [0.2, 0.25) is 0 Å². The molecule has 1 heterocycles. The van der Waals surface area contributed by atoms with Crippen LogP contribution in [0.5, 0.6) is 11.5 Å². The number of pyridine rings is 1. The van der Waals surface area contributed by atoms with E-state index in [-0.39, 0.29) is 22.8 Å². The van der Waals surface area contributed by atoms with Crippen molar-refractivity contribution in [2.45, 2.75) is 0 Å². The maximum atomic E-state index is 13.0. The van der Waals surface area contributed by atoms with Gasteiger partial charge in [0, 0.05) is 6.20 Å². The third-order valence-electron chi connectivity index (χ3n) is 2.27. The highest BCUT2D eigenvalue weighted by Gasteiger charge is 2.15. The second kappa shape index (κ2) is 5.14. The van der Waals surface area contributed by atoms with Gasteiger partial charge in [-0.3, -0.25) is 0 Å². The average molecular weight is 258 g/mol. The lowest BCUT2D eigenvalue weighted by Gasteiger charge is -2.09. The van der Waals surface area contributed by atoms with E-state index in [4.69, 9.17) is 15.1 Å². The summed E-state index contributed by atoms with van der Waals surface area (Å²) in [5.74, 6) is -1.95. The third-order valence-corrected chi connectivity index (χ3v) is 2.27. The SMILES string of the molecule is N#Cc1ncccc1Oc1ccc(F)cc1C(=O)O. The van der Waals surface area contributed by atoms with Crippen molar-refractivity contribution in [1.82, 2.24) is 4.98 Å². The Morgan fingerprint density at radius 2 is 2.16 bits per heavy atom. The van der Waals surface area contributed by atoms with E-state index < -0.39 is 11.8 Å². The fourth-order valence-electron chi connectivity index (χ4n) is 1.43. The monoisotopic (exact) mass is 258 g/mol. The molecule has 0 aliphatic carbocycles. The van der Waals surface area contributed by atoms with Crippen LogP contribution < -0.4 is 4.74 Å². The first kappa shape index (κ1) is 12.5. The molecule has 0 bridgehead atoms. The second-order valence-corrected chi connectivity index (χ2v) is 3.51. The number of halogens is 1. The number of rotatable bonds is 3. The Morgan fingerprint density at radius 3 is 2.84 bits per heavy atom. The highest BCUT2D eigenvalue weighted by Crippen LogP contribution is 2.27. The zero-order valence-electron chi connectivity index (χ0n) is 9.50. The Labute approximate surface area is 107 Å². The highest BCUT2D eigenvalue weighted by molar-refractivity contribution is 5.91. The number of nitrogens with zero attached hydrogens (tertiary/aromatic N) is 2. The fourth-order valence-corrected chi connectivity index (χ4v) is 1.43. The molecule has 6 heteroatoms. The van der Waals surface area contributed by atoms with Crippen LogP contribution >= 0.6 is 0 Å². The molecule has 1 aromatic carbocycles. The van der Waals surface area contributed by atoms with Crippen LogP contribution in [0, 0.1) is 17.1 Å². The molecule has 94 valence electrons. The number of hydrogen-bond donors (Lipinski definition) is 1. The summed E-state index contributed by atoms with van der Waals surface area (Å²) in [6.45, 7) is 0. The molecule has 0 radical (unpaired) electrons. The van der Waals surface area contributed by atoms with Gasteiger partial charge < -0.3 is 9.84 Å². The van der Waals surface area contributed by atoms with Crippen molar-refractivity contribution in [3.05, 3.63) is 53.6 Å². The van der Waals surface area contributed by atoms with Gasteiger partial charge in [0.2, 0.25) is 0 Å². The zero-order chi connectivity index (χ0) is 13.8. The largest absolute Gasteiger partial charge is 0.478 e. The third kappa shape index (κ3) is 2.66. The van der Waals surface area contributed by atoms with Crippen LogP contribution in [-0.2, 0) is 0 Å². The van der Waals surface area contributed by atoms with Gasteiger partial charge in [0.1, 0.15) is 23.2 Å². The lowest BCUT2D eigenvalue weighted by atomic mass is 10.2. The first-order valence-corrected chi connectivity index (χ1v) is 5.17. The standard InChI is InChI=1S/C13H7FN2O3/c14-8-3-4-11(9(6-8)13(17)18)19-12-2-1-5-16-10(12)7-15/h1-6H,(H,17,18). The summed E-state index contributed by atoms with van der Waals surface area (Å²) in [4.78, 5) is 14.8. The van der Waals surface area contributed by atoms with Gasteiger partial charge in [-0.2, -0.15) is 5.26 Å². The van der Waals surface area contributed by atoms with Crippen molar-refractivity contribution in [3.8, 4) is 17.6 Å². The van der Waals surface area contributed by atoms with Crippen LogP contribution in [-0.4, -0.2) is 16.1 Å². The number of hydrogen-bond acceptors (Lipinski definition) is 4. The van der Waals surface area contributed by atoms with E-state index in [9.17, 15) is 9.18 Å². The molecule has 0 spiro atoms. The highest BCUT2D eigenvalue weighted by atomic mass is 19.1. The molecule has 0 aliphatic heterocycles. The minimum Gasteiger partial charge on any atom is -0.478 e. The number of carboxylic acid groups (broad SMARTS) is 1. The van der Waals surface area contributed by atoms with Gasteiger partial charge in [0.25, 0.3) is 0 Å². The number of ether oxygens (including phenoxy) is 1. The molecule has 0 saturated heterocycles. The van der Waals surface area contributed by atoms with Gasteiger partial charge in [-0.25, -0.2) is 14.2 Å². The van der Waals surface area contributed by atoms with Crippen molar-refractivity contribution in [2.75, 3.05) is 0 Å². The molecular formula is C13H7FN2O3.